The van der Waals surface area contributed by atoms with Gasteiger partial charge in [-0.25, -0.2) is 4.98 Å². The standard InChI is InChI=1S/C14H23N3O2/c1-2-11(15)13-16-12(10-19-13)14(18)17-8-6-4-3-5-7-9-17/h10-11H,2-9,15H2,1H3. The highest BCUT2D eigenvalue weighted by Gasteiger charge is 2.21. The van der Waals surface area contributed by atoms with Gasteiger partial charge in [-0.15, -0.1) is 0 Å². The van der Waals surface area contributed by atoms with Crippen molar-refractivity contribution < 1.29 is 9.21 Å². The summed E-state index contributed by atoms with van der Waals surface area (Å²) in [5.74, 6) is 0.429. The smallest absolute Gasteiger partial charge is 0.275 e. The lowest BCUT2D eigenvalue weighted by atomic mass is 10.1. The van der Waals surface area contributed by atoms with Gasteiger partial charge in [-0.2, -0.15) is 0 Å². The molecular formula is C14H23N3O2. The molecule has 0 spiro atoms. The van der Waals surface area contributed by atoms with Crippen LogP contribution in [0.1, 0.15) is 67.9 Å². The number of oxazole rings is 1. The molecule has 106 valence electrons. The Labute approximate surface area is 114 Å². The fraction of sp³-hybridized carbons (Fsp3) is 0.714. The van der Waals surface area contributed by atoms with Crippen molar-refractivity contribution in [3.63, 3.8) is 0 Å². The second kappa shape index (κ2) is 6.70. The molecule has 5 nitrogen and oxygen atoms in total. The zero-order valence-corrected chi connectivity index (χ0v) is 11.6. The number of nitrogens with two attached hydrogens (primary N) is 1. The zero-order valence-electron chi connectivity index (χ0n) is 11.6. The van der Waals surface area contributed by atoms with Crippen molar-refractivity contribution in [2.75, 3.05) is 13.1 Å². The monoisotopic (exact) mass is 265 g/mol. The molecule has 1 amide bonds. The lowest BCUT2D eigenvalue weighted by Crippen LogP contribution is -2.34. The van der Waals surface area contributed by atoms with Gasteiger partial charge in [0, 0.05) is 13.1 Å². The quantitative estimate of drug-likeness (QED) is 0.911. The van der Waals surface area contributed by atoms with Crippen molar-refractivity contribution in [1.82, 2.24) is 9.88 Å². The van der Waals surface area contributed by atoms with Crippen molar-refractivity contribution in [2.24, 2.45) is 5.73 Å². The van der Waals surface area contributed by atoms with Crippen LogP contribution in [-0.4, -0.2) is 28.9 Å². The fourth-order valence-corrected chi connectivity index (χ4v) is 2.34. The molecule has 0 bridgehead atoms. The van der Waals surface area contributed by atoms with Gasteiger partial charge >= 0.3 is 0 Å². The third-order valence-electron chi connectivity index (χ3n) is 3.64. The van der Waals surface area contributed by atoms with E-state index in [4.69, 9.17) is 10.2 Å². The minimum Gasteiger partial charge on any atom is -0.446 e. The summed E-state index contributed by atoms with van der Waals surface area (Å²) >= 11 is 0. The van der Waals surface area contributed by atoms with E-state index in [2.05, 4.69) is 4.98 Å². The molecule has 1 unspecified atom stereocenters. The van der Waals surface area contributed by atoms with E-state index in [0.29, 0.717) is 11.6 Å². The van der Waals surface area contributed by atoms with Crippen LogP contribution in [-0.2, 0) is 0 Å². The van der Waals surface area contributed by atoms with Crippen LogP contribution in [0.4, 0.5) is 0 Å². The van der Waals surface area contributed by atoms with Gasteiger partial charge in [0.2, 0.25) is 5.89 Å². The summed E-state index contributed by atoms with van der Waals surface area (Å²) in [6.45, 7) is 3.61. The molecule has 0 aromatic carbocycles. The van der Waals surface area contributed by atoms with Gasteiger partial charge < -0.3 is 15.1 Å². The number of nitrogens with zero attached hydrogens (tertiary/aromatic N) is 2. The van der Waals surface area contributed by atoms with E-state index >= 15 is 0 Å². The lowest BCUT2D eigenvalue weighted by molar-refractivity contribution is 0.0736. The van der Waals surface area contributed by atoms with E-state index in [1.807, 2.05) is 11.8 Å². The van der Waals surface area contributed by atoms with Crippen LogP contribution in [0.5, 0.6) is 0 Å². The van der Waals surface area contributed by atoms with Crippen molar-refractivity contribution in [3.8, 4) is 0 Å². The molecule has 2 heterocycles. The topological polar surface area (TPSA) is 72.4 Å². The third kappa shape index (κ3) is 3.56. The van der Waals surface area contributed by atoms with Crippen LogP contribution in [0.25, 0.3) is 0 Å². The average molecular weight is 265 g/mol. The van der Waals surface area contributed by atoms with E-state index in [0.717, 1.165) is 32.4 Å². The normalized spacial score (nSPS) is 18.7. The molecule has 2 N–H and O–H groups in total. The number of rotatable bonds is 3. The number of aromatic nitrogens is 1. The molecule has 0 radical (unpaired) electrons. The molecule has 1 aromatic rings. The van der Waals surface area contributed by atoms with Crippen molar-refractivity contribution >= 4 is 5.91 Å². The maximum Gasteiger partial charge on any atom is 0.275 e. The second-order valence-electron chi connectivity index (χ2n) is 5.15. The molecule has 1 aliphatic heterocycles. The molecule has 0 aliphatic carbocycles. The van der Waals surface area contributed by atoms with Crippen molar-refractivity contribution in [3.05, 3.63) is 17.8 Å². The number of carbonyl (C=O) groups is 1. The third-order valence-corrected chi connectivity index (χ3v) is 3.64. The Kier molecular flexibility index (Phi) is 4.96. The number of likely N-dealkylation sites (tertiary alicyclic amines) is 1. The van der Waals surface area contributed by atoms with Crippen LogP contribution in [0.15, 0.2) is 10.7 Å². The number of carbonyl (C=O) groups excluding carboxylic acids is 1. The predicted molar refractivity (Wildman–Crippen MR) is 72.7 cm³/mol. The summed E-state index contributed by atoms with van der Waals surface area (Å²) in [6, 6.07) is -0.228. The highest BCUT2D eigenvalue weighted by atomic mass is 16.3. The highest BCUT2D eigenvalue weighted by Crippen LogP contribution is 2.16. The largest absolute Gasteiger partial charge is 0.446 e. The maximum absolute atomic E-state index is 12.4. The van der Waals surface area contributed by atoms with Gasteiger partial charge in [-0.1, -0.05) is 26.2 Å². The van der Waals surface area contributed by atoms with Crippen molar-refractivity contribution in [2.45, 2.75) is 51.5 Å². The minimum absolute atomic E-state index is 0.0276. The van der Waals surface area contributed by atoms with Gasteiger partial charge in [0.05, 0.1) is 6.04 Å². The Morgan fingerprint density at radius 3 is 2.63 bits per heavy atom. The molecule has 1 fully saturated rings. The Morgan fingerprint density at radius 1 is 1.37 bits per heavy atom. The van der Waals surface area contributed by atoms with Gasteiger partial charge in [-0.3, -0.25) is 4.79 Å². The van der Waals surface area contributed by atoms with Crippen molar-refractivity contribution in [1.29, 1.82) is 0 Å². The summed E-state index contributed by atoms with van der Waals surface area (Å²) in [7, 11) is 0. The summed E-state index contributed by atoms with van der Waals surface area (Å²) in [5.41, 5.74) is 6.24. The first-order valence-electron chi connectivity index (χ1n) is 7.22. The van der Waals surface area contributed by atoms with E-state index in [9.17, 15) is 4.79 Å². The summed E-state index contributed by atoms with van der Waals surface area (Å²) in [5, 5.41) is 0. The summed E-state index contributed by atoms with van der Waals surface area (Å²) in [4.78, 5) is 18.5. The van der Waals surface area contributed by atoms with Crippen LogP contribution >= 0.6 is 0 Å². The fourth-order valence-electron chi connectivity index (χ4n) is 2.34. The van der Waals surface area contributed by atoms with Gasteiger partial charge in [0.25, 0.3) is 5.91 Å². The van der Waals surface area contributed by atoms with Gasteiger partial charge in [0.15, 0.2) is 5.69 Å². The first-order valence-corrected chi connectivity index (χ1v) is 7.22. The Hall–Kier alpha value is -1.36. The summed E-state index contributed by atoms with van der Waals surface area (Å²) in [6.07, 6.45) is 8.02. The molecule has 1 aliphatic rings. The van der Waals surface area contributed by atoms with Gasteiger partial charge in [-0.05, 0) is 19.3 Å². The summed E-state index contributed by atoms with van der Waals surface area (Å²) < 4.78 is 5.30. The van der Waals surface area contributed by atoms with Crippen LogP contribution in [0.2, 0.25) is 0 Å². The molecule has 1 aromatic heterocycles. The van der Waals surface area contributed by atoms with Crippen LogP contribution in [0, 0.1) is 0 Å². The number of amides is 1. The second-order valence-corrected chi connectivity index (χ2v) is 5.15. The Balaban J connectivity index is 2.03. The molecule has 2 rings (SSSR count). The minimum atomic E-state index is -0.228. The lowest BCUT2D eigenvalue weighted by Gasteiger charge is -2.23. The maximum atomic E-state index is 12.4. The van der Waals surface area contributed by atoms with Crippen LogP contribution in [0.3, 0.4) is 0 Å². The first kappa shape index (κ1) is 14.1. The number of hydrogen-bond donors (Lipinski definition) is 1. The Bertz CT molecular complexity index is 409. The molecule has 19 heavy (non-hydrogen) atoms. The first-order chi connectivity index (χ1) is 9.22. The van der Waals surface area contributed by atoms with E-state index in [1.54, 1.807) is 0 Å². The SMILES string of the molecule is CCC(N)c1nc(C(=O)N2CCCCCCC2)co1. The molecule has 1 saturated heterocycles. The highest BCUT2D eigenvalue weighted by molar-refractivity contribution is 5.92. The van der Waals surface area contributed by atoms with E-state index in [1.165, 1.54) is 25.5 Å². The van der Waals surface area contributed by atoms with E-state index < -0.39 is 0 Å². The predicted octanol–water partition coefficient (Wildman–Crippen LogP) is 2.49. The molecule has 5 heteroatoms. The zero-order chi connectivity index (χ0) is 13.7. The number of hydrogen-bond acceptors (Lipinski definition) is 4. The Morgan fingerprint density at radius 2 is 2.00 bits per heavy atom. The van der Waals surface area contributed by atoms with E-state index in [-0.39, 0.29) is 11.9 Å². The van der Waals surface area contributed by atoms with Crippen LogP contribution < -0.4 is 5.73 Å². The molecule has 1 atom stereocenters. The molecule has 0 saturated carbocycles. The van der Waals surface area contributed by atoms with Gasteiger partial charge in [0.1, 0.15) is 6.26 Å². The molecular weight excluding hydrogens is 242 g/mol. The average Bonchev–Trinajstić information content (AvgIpc) is 2.86.